The first kappa shape index (κ1) is 13.9. The van der Waals surface area contributed by atoms with Crippen molar-refractivity contribution in [2.75, 3.05) is 7.05 Å². The Labute approximate surface area is 129 Å². The molecular formula is C18H16ClNO. The summed E-state index contributed by atoms with van der Waals surface area (Å²) in [5.41, 5.74) is 3.56. The highest BCUT2D eigenvalue weighted by atomic mass is 35.5. The van der Waals surface area contributed by atoms with Crippen molar-refractivity contribution in [2.24, 2.45) is 0 Å². The number of halogens is 1. The van der Waals surface area contributed by atoms with Gasteiger partial charge in [-0.3, -0.25) is 0 Å². The molecule has 0 aliphatic heterocycles. The minimum atomic E-state index is 0.00215. The maximum absolute atomic E-state index is 5.86. The van der Waals surface area contributed by atoms with Gasteiger partial charge < -0.3 is 9.73 Å². The van der Waals surface area contributed by atoms with Crippen molar-refractivity contribution in [1.82, 2.24) is 5.32 Å². The number of hydrogen-bond acceptors (Lipinski definition) is 2. The Morgan fingerprint density at radius 3 is 2.10 bits per heavy atom. The lowest BCUT2D eigenvalue weighted by atomic mass is 10.00. The molecule has 0 radical (unpaired) electrons. The second kappa shape index (κ2) is 6.17. The molecule has 1 unspecified atom stereocenters. The van der Waals surface area contributed by atoms with Crippen LogP contribution < -0.4 is 5.32 Å². The standard InChI is InChI=1S/C18H16ClNO/c1-20-18(16-11-12-17(19)21-16)15-9-7-14(8-10-15)13-5-3-2-4-6-13/h2-12,18,20H,1H3. The third kappa shape index (κ3) is 3.02. The van der Waals surface area contributed by atoms with Crippen molar-refractivity contribution in [2.45, 2.75) is 6.04 Å². The van der Waals surface area contributed by atoms with Crippen LogP contribution in [-0.2, 0) is 0 Å². The molecule has 21 heavy (non-hydrogen) atoms. The summed E-state index contributed by atoms with van der Waals surface area (Å²) in [6.45, 7) is 0. The smallest absolute Gasteiger partial charge is 0.193 e. The van der Waals surface area contributed by atoms with E-state index >= 15 is 0 Å². The highest BCUT2D eigenvalue weighted by Gasteiger charge is 2.15. The van der Waals surface area contributed by atoms with Crippen LogP contribution in [0.25, 0.3) is 11.1 Å². The predicted octanol–water partition coefficient (Wildman–Crippen LogP) is 4.91. The van der Waals surface area contributed by atoms with E-state index in [1.807, 2.05) is 31.3 Å². The number of furan rings is 1. The van der Waals surface area contributed by atoms with E-state index in [9.17, 15) is 0 Å². The lowest BCUT2D eigenvalue weighted by molar-refractivity contribution is 0.465. The van der Waals surface area contributed by atoms with Gasteiger partial charge in [0.1, 0.15) is 5.76 Å². The Kier molecular flexibility index (Phi) is 4.09. The Morgan fingerprint density at radius 2 is 1.52 bits per heavy atom. The van der Waals surface area contributed by atoms with Gasteiger partial charge in [0.2, 0.25) is 0 Å². The molecule has 1 N–H and O–H groups in total. The minimum Gasteiger partial charge on any atom is -0.448 e. The van der Waals surface area contributed by atoms with E-state index in [2.05, 4.69) is 41.7 Å². The molecule has 2 nitrogen and oxygen atoms in total. The molecule has 2 aromatic carbocycles. The maximum atomic E-state index is 5.86. The Bertz CT molecular complexity index is 704. The van der Waals surface area contributed by atoms with Gasteiger partial charge in [0, 0.05) is 0 Å². The zero-order chi connectivity index (χ0) is 14.7. The van der Waals surface area contributed by atoms with Crippen molar-refractivity contribution in [1.29, 1.82) is 0 Å². The highest BCUT2D eigenvalue weighted by molar-refractivity contribution is 6.28. The minimum absolute atomic E-state index is 0.00215. The maximum Gasteiger partial charge on any atom is 0.193 e. The molecule has 0 aliphatic rings. The number of benzene rings is 2. The molecule has 1 aromatic heterocycles. The summed E-state index contributed by atoms with van der Waals surface area (Å²) >= 11 is 5.86. The molecular weight excluding hydrogens is 282 g/mol. The van der Waals surface area contributed by atoms with E-state index in [0.29, 0.717) is 5.22 Å². The average Bonchev–Trinajstić information content (AvgIpc) is 2.96. The van der Waals surface area contributed by atoms with Gasteiger partial charge in [0.05, 0.1) is 6.04 Å². The zero-order valence-electron chi connectivity index (χ0n) is 11.7. The van der Waals surface area contributed by atoms with Gasteiger partial charge in [-0.15, -0.1) is 0 Å². The normalized spacial score (nSPS) is 12.3. The van der Waals surface area contributed by atoms with Crippen LogP contribution >= 0.6 is 11.6 Å². The largest absolute Gasteiger partial charge is 0.448 e. The zero-order valence-corrected chi connectivity index (χ0v) is 12.5. The van der Waals surface area contributed by atoms with E-state index in [4.69, 9.17) is 16.0 Å². The number of rotatable bonds is 4. The Hall–Kier alpha value is -2.03. The molecule has 0 amide bonds. The highest BCUT2D eigenvalue weighted by Crippen LogP contribution is 2.27. The molecule has 0 saturated carbocycles. The molecule has 3 rings (SSSR count). The van der Waals surface area contributed by atoms with Crippen LogP contribution in [0.15, 0.2) is 71.1 Å². The monoisotopic (exact) mass is 297 g/mol. The van der Waals surface area contributed by atoms with Crippen molar-refractivity contribution >= 4 is 11.6 Å². The van der Waals surface area contributed by atoms with E-state index in [0.717, 1.165) is 11.3 Å². The van der Waals surface area contributed by atoms with E-state index in [1.165, 1.54) is 11.1 Å². The summed E-state index contributed by atoms with van der Waals surface area (Å²) in [7, 11) is 1.91. The molecule has 106 valence electrons. The van der Waals surface area contributed by atoms with Crippen molar-refractivity contribution < 1.29 is 4.42 Å². The van der Waals surface area contributed by atoms with Crippen molar-refractivity contribution in [3.8, 4) is 11.1 Å². The second-order valence-electron chi connectivity index (χ2n) is 4.85. The molecule has 3 heteroatoms. The van der Waals surface area contributed by atoms with E-state index in [1.54, 1.807) is 6.07 Å². The average molecular weight is 298 g/mol. The van der Waals surface area contributed by atoms with Gasteiger partial charge in [0.25, 0.3) is 0 Å². The Balaban J connectivity index is 1.89. The summed E-state index contributed by atoms with van der Waals surface area (Å²) in [6, 6.07) is 22.5. The van der Waals surface area contributed by atoms with Gasteiger partial charge in [-0.05, 0) is 47.5 Å². The van der Waals surface area contributed by atoms with E-state index in [-0.39, 0.29) is 6.04 Å². The van der Waals surface area contributed by atoms with Crippen LogP contribution in [0.5, 0.6) is 0 Å². The van der Waals surface area contributed by atoms with Gasteiger partial charge in [0.15, 0.2) is 5.22 Å². The third-order valence-electron chi connectivity index (χ3n) is 3.52. The number of hydrogen-bond donors (Lipinski definition) is 1. The second-order valence-corrected chi connectivity index (χ2v) is 5.22. The fourth-order valence-corrected chi connectivity index (χ4v) is 2.61. The van der Waals surface area contributed by atoms with Crippen LogP contribution in [0.2, 0.25) is 5.22 Å². The molecule has 0 spiro atoms. The Morgan fingerprint density at radius 1 is 0.857 bits per heavy atom. The quantitative estimate of drug-likeness (QED) is 0.740. The first-order chi connectivity index (χ1) is 10.3. The van der Waals surface area contributed by atoms with Crippen LogP contribution in [-0.4, -0.2) is 7.05 Å². The SMILES string of the molecule is CNC(c1ccc(-c2ccccc2)cc1)c1ccc(Cl)o1. The lowest BCUT2D eigenvalue weighted by Crippen LogP contribution is -2.16. The first-order valence-electron chi connectivity index (χ1n) is 6.86. The molecule has 1 heterocycles. The third-order valence-corrected chi connectivity index (χ3v) is 3.72. The van der Waals surface area contributed by atoms with Gasteiger partial charge in [-0.2, -0.15) is 0 Å². The predicted molar refractivity (Wildman–Crippen MR) is 86.5 cm³/mol. The van der Waals surface area contributed by atoms with Crippen LogP contribution in [0.3, 0.4) is 0 Å². The summed E-state index contributed by atoms with van der Waals surface area (Å²) in [4.78, 5) is 0. The van der Waals surface area contributed by atoms with Gasteiger partial charge in [-0.1, -0.05) is 54.6 Å². The fourth-order valence-electron chi connectivity index (χ4n) is 2.46. The summed E-state index contributed by atoms with van der Waals surface area (Å²) < 4.78 is 5.51. The van der Waals surface area contributed by atoms with Crippen molar-refractivity contribution in [3.05, 3.63) is 83.3 Å². The van der Waals surface area contributed by atoms with E-state index < -0.39 is 0 Å². The van der Waals surface area contributed by atoms with Crippen LogP contribution in [0.1, 0.15) is 17.4 Å². The topological polar surface area (TPSA) is 25.2 Å². The molecule has 0 fully saturated rings. The van der Waals surface area contributed by atoms with Gasteiger partial charge >= 0.3 is 0 Å². The summed E-state index contributed by atoms with van der Waals surface area (Å²) in [5, 5.41) is 3.66. The van der Waals surface area contributed by atoms with Crippen LogP contribution in [0, 0.1) is 0 Å². The fraction of sp³-hybridized carbons (Fsp3) is 0.111. The van der Waals surface area contributed by atoms with Crippen molar-refractivity contribution in [3.63, 3.8) is 0 Å². The molecule has 0 aliphatic carbocycles. The molecule has 1 atom stereocenters. The first-order valence-corrected chi connectivity index (χ1v) is 7.23. The molecule has 0 saturated heterocycles. The van der Waals surface area contributed by atoms with Crippen LogP contribution in [0.4, 0.5) is 0 Å². The number of nitrogens with one attached hydrogen (secondary N) is 1. The van der Waals surface area contributed by atoms with Gasteiger partial charge in [-0.25, -0.2) is 0 Å². The summed E-state index contributed by atoms with van der Waals surface area (Å²) in [5.74, 6) is 0.815. The lowest BCUT2D eigenvalue weighted by Gasteiger charge is -2.14. The summed E-state index contributed by atoms with van der Waals surface area (Å²) in [6.07, 6.45) is 0. The molecule has 3 aromatic rings. The molecule has 0 bridgehead atoms.